The van der Waals surface area contributed by atoms with Crippen molar-refractivity contribution in [3.05, 3.63) is 63.3 Å². The van der Waals surface area contributed by atoms with Crippen LogP contribution in [0.2, 0.25) is 0 Å². The minimum atomic E-state index is -0.473. The van der Waals surface area contributed by atoms with Crippen molar-refractivity contribution in [2.45, 2.75) is 27.2 Å². The first-order valence-corrected chi connectivity index (χ1v) is 10.0. The Balaban J connectivity index is 1.96. The number of aliphatic imine (C=N–C) groups is 1. The van der Waals surface area contributed by atoms with E-state index in [0.717, 1.165) is 27.6 Å². The Morgan fingerprint density at radius 1 is 1.18 bits per heavy atom. The van der Waals surface area contributed by atoms with Gasteiger partial charge in [-0.1, -0.05) is 25.1 Å². The highest BCUT2D eigenvalue weighted by molar-refractivity contribution is 9.10. The van der Waals surface area contributed by atoms with Crippen molar-refractivity contribution in [3.8, 4) is 11.5 Å². The second kappa shape index (κ2) is 9.06. The van der Waals surface area contributed by atoms with Gasteiger partial charge in [0.25, 0.3) is 0 Å². The van der Waals surface area contributed by atoms with E-state index in [1.54, 1.807) is 6.08 Å². The van der Waals surface area contributed by atoms with Crippen LogP contribution in [0.4, 0.5) is 0 Å². The van der Waals surface area contributed by atoms with Crippen LogP contribution in [0.25, 0.3) is 6.08 Å². The van der Waals surface area contributed by atoms with Crippen molar-refractivity contribution in [1.29, 1.82) is 0 Å². The number of carbonyl (C=O) groups excluding carboxylic acids is 1. The smallest absolute Gasteiger partial charge is 0.363 e. The number of nitrogens with zero attached hydrogens (tertiary/aromatic N) is 1. The van der Waals surface area contributed by atoms with Gasteiger partial charge in [0.15, 0.2) is 17.2 Å². The second-order valence-corrected chi connectivity index (χ2v) is 7.12. The lowest BCUT2D eigenvalue weighted by molar-refractivity contribution is -0.129. The first-order chi connectivity index (χ1) is 13.5. The van der Waals surface area contributed by atoms with Gasteiger partial charge < -0.3 is 14.2 Å². The third kappa shape index (κ3) is 4.44. The number of aryl methyl sites for hydroxylation is 1. The van der Waals surface area contributed by atoms with Crippen molar-refractivity contribution in [1.82, 2.24) is 0 Å². The van der Waals surface area contributed by atoms with E-state index in [2.05, 4.69) is 20.9 Å². The molecular weight excluding hydrogens is 422 g/mol. The SMILES string of the molecule is CCCOc1c(Br)cc(/C=C2\N=C(c3ccccc3C)OC2=O)cc1OCC. The molecule has 3 rings (SSSR count). The molecule has 1 heterocycles. The molecule has 1 aliphatic heterocycles. The maximum absolute atomic E-state index is 12.3. The fourth-order valence-corrected chi connectivity index (χ4v) is 3.35. The molecule has 2 aromatic rings. The van der Waals surface area contributed by atoms with Crippen LogP contribution in [0.15, 0.2) is 51.6 Å². The molecule has 146 valence electrons. The molecule has 6 heteroatoms. The summed E-state index contributed by atoms with van der Waals surface area (Å²) in [5.74, 6) is 1.12. The number of cyclic esters (lactones) is 1. The summed E-state index contributed by atoms with van der Waals surface area (Å²) < 4.78 is 17.6. The van der Waals surface area contributed by atoms with Gasteiger partial charge >= 0.3 is 5.97 Å². The molecule has 1 aliphatic rings. The van der Waals surface area contributed by atoms with E-state index in [-0.39, 0.29) is 5.70 Å². The fourth-order valence-electron chi connectivity index (χ4n) is 2.77. The molecule has 0 radical (unpaired) electrons. The van der Waals surface area contributed by atoms with Crippen molar-refractivity contribution in [2.24, 2.45) is 4.99 Å². The van der Waals surface area contributed by atoms with Crippen LogP contribution in [-0.4, -0.2) is 25.1 Å². The van der Waals surface area contributed by atoms with Crippen molar-refractivity contribution < 1.29 is 19.0 Å². The number of halogens is 1. The van der Waals surface area contributed by atoms with Crippen LogP contribution < -0.4 is 9.47 Å². The Kier molecular flexibility index (Phi) is 6.52. The third-order valence-electron chi connectivity index (χ3n) is 4.08. The lowest BCUT2D eigenvalue weighted by Crippen LogP contribution is -2.06. The van der Waals surface area contributed by atoms with E-state index in [1.165, 1.54) is 0 Å². The Bertz CT molecular complexity index is 950. The lowest BCUT2D eigenvalue weighted by Gasteiger charge is -2.14. The number of hydrogen-bond acceptors (Lipinski definition) is 5. The largest absolute Gasteiger partial charge is 0.490 e. The summed E-state index contributed by atoms with van der Waals surface area (Å²) in [7, 11) is 0. The van der Waals surface area contributed by atoms with E-state index >= 15 is 0 Å². The van der Waals surface area contributed by atoms with Gasteiger partial charge in [0, 0.05) is 5.56 Å². The summed E-state index contributed by atoms with van der Waals surface area (Å²) in [5.41, 5.74) is 2.81. The molecule has 0 fully saturated rings. The first kappa shape index (κ1) is 20.1. The van der Waals surface area contributed by atoms with Crippen LogP contribution in [-0.2, 0) is 9.53 Å². The monoisotopic (exact) mass is 443 g/mol. The molecule has 28 heavy (non-hydrogen) atoms. The van der Waals surface area contributed by atoms with E-state index in [1.807, 2.05) is 57.2 Å². The zero-order chi connectivity index (χ0) is 20.1. The predicted molar refractivity (Wildman–Crippen MR) is 113 cm³/mol. The minimum absolute atomic E-state index is 0.245. The zero-order valence-electron chi connectivity index (χ0n) is 16.1. The Morgan fingerprint density at radius 2 is 1.96 bits per heavy atom. The highest BCUT2D eigenvalue weighted by Gasteiger charge is 2.25. The number of rotatable bonds is 7. The Labute approximate surface area is 173 Å². The van der Waals surface area contributed by atoms with Gasteiger partial charge in [0.05, 0.1) is 17.7 Å². The quantitative estimate of drug-likeness (QED) is 0.430. The van der Waals surface area contributed by atoms with Gasteiger partial charge in [-0.25, -0.2) is 9.79 Å². The topological polar surface area (TPSA) is 57.1 Å². The van der Waals surface area contributed by atoms with Crippen LogP contribution in [0.3, 0.4) is 0 Å². The van der Waals surface area contributed by atoms with Crippen LogP contribution >= 0.6 is 15.9 Å². The highest BCUT2D eigenvalue weighted by Crippen LogP contribution is 2.38. The first-order valence-electron chi connectivity index (χ1n) is 9.21. The molecule has 0 saturated heterocycles. The maximum atomic E-state index is 12.3. The van der Waals surface area contributed by atoms with Gasteiger partial charge in [-0.15, -0.1) is 0 Å². The molecule has 5 nitrogen and oxygen atoms in total. The summed E-state index contributed by atoms with van der Waals surface area (Å²) in [6, 6.07) is 11.4. The zero-order valence-corrected chi connectivity index (χ0v) is 17.7. The predicted octanol–water partition coefficient (Wildman–Crippen LogP) is 5.29. The number of ether oxygens (including phenoxy) is 3. The summed E-state index contributed by atoms with van der Waals surface area (Å²) in [4.78, 5) is 16.7. The van der Waals surface area contributed by atoms with Crippen LogP contribution in [0.1, 0.15) is 37.0 Å². The van der Waals surface area contributed by atoms with Crippen molar-refractivity contribution in [3.63, 3.8) is 0 Å². The Hall–Kier alpha value is -2.60. The third-order valence-corrected chi connectivity index (χ3v) is 4.67. The molecule has 2 aromatic carbocycles. The molecular formula is C22H22BrNO4. The van der Waals surface area contributed by atoms with Gasteiger partial charge in [0.1, 0.15) is 0 Å². The molecule has 0 spiro atoms. The van der Waals surface area contributed by atoms with Crippen LogP contribution in [0, 0.1) is 6.92 Å². The summed E-state index contributed by atoms with van der Waals surface area (Å²) in [6.07, 6.45) is 2.58. The number of benzene rings is 2. The standard InChI is InChI=1S/C22H22BrNO4/c1-4-10-27-20-17(23)11-15(13-19(20)26-5-2)12-18-22(25)28-21(24-18)16-9-7-6-8-14(16)3/h6-9,11-13H,4-5,10H2,1-3H3/b18-12-. The van der Waals surface area contributed by atoms with E-state index in [0.29, 0.717) is 30.6 Å². The van der Waals surface area contributed by atoms with E-state index < -0.39 is 5.97 Å². The number of esters is 1. The van der Waals surface area contributed by atoms with Crippen molar-refractivity contribution in [2.75, 3.05) is 13.2 Å². The Morgan fingerprint density at radius 3 is 2.68 bits per heavy atom. The van der Waals surface area contributed by atoms with Gasteiger partial charge in [-0.2, -0.15) is 0 Å². The molecule has 0 saturated carbocycles. The van der Waals surface area contributed by atoms with Gasteiger partial charge in [0.2, 0.25) is 5.90 Å². The summed E-state index contributed by atoms with van der Waals surface area (Å²) in [5, 5.41) is 0. The normalized spacial score (nSPS) is 14.8. The molecule has 0 amide bonds. The van der Waals surface area contributed by atoms with Gasteiger partial charge in [-0.3, -0.25) is 0 Å². The minimum Gasteiger partial charge on any atom is -0.490 e. The summed E-state index contributed by atoms with van der Waals surface area (Å²) >= 11 is 3.53. The molecule has 0 N–H and O–H groups in total. The number of hydrogen-bond donors (Lipinski definition) is 0. The summed E-state index contributed by atoms with van der Waals surface area (Å²) in [6.45, 7) is 7.01. The average molecular weight is 444 g/mol. The van der Waals surface area contributed by atoms with E-state index in [9.17, 15) is 4.79 Å². The van der Waals surface area contributed by atoms with Gasteiger partial charge in [-0.05, 0) is 71.6 Å². The second-order valence-electron chi connectivity index (χ2n) is 6.26. The van der Waals surface area contributed by atoms with Crippen LogP contribution in [0.5, 0.6) is 11.5 Å². The molecule has 0 aliphatic carbocycles. The molecule has 0 unspecified atom stereocenters. The molecule has 0 bridgehead atoms. The highest BCUT2D eigenvalue weighted by atomic mass is 79.9. The number of carbonyl (C=O) groups is 1. The van der Waals surface area contributed by atoms with Crippen molar-refractivity contribution >= 4 is 33.9 Å². The maximum Gasteiger partial charge on any atom is 0.363 e. The average Bonchev–Trinajstić information content (AvgIpc) is 3.02. The fraction of sp³-hybridized carbons (Fsp3) is 0.273. The molecule has 0 aromatic heterocycles. The lowest BCUT2D eigenvalue weighted by atomic mass is 10.1. The van der Waals surface area contributed by atoms with E-state index in [4.69, 9.17) is 14.2 Å². The molecule has 0 atom stereocenters.